The molecule has 0 aliphatic heterocycles. The summed E-state index contributed by atoms with van der Waals surface area (Å²) in [5, 5.41) is 0. The van der Waals surface area contributed by atoms with Gasteiger partial charge in [0, 0.05) is 6.20 Å². The Hall–Kier alpha value is -0.420. The van der Waals surface area contributed by atoms with Crippen LogP contribution in [0.5, 0.6) is 0 Å². The zero-order valence-corrected chi connectivity index (χ0v) is 10.0. The Kier molecular flexibility index (Phi) is 3.87. The van der Waals surface area contributed by atoms with Crippen molar-refractivity contribution < 1.29 is 9.53 Å². The van der Waals surface area contributed by atoms with Crippen LogP contribution in [0.2, 0.25) is 0 Å². The fraction of sp³-hybridized carbons (Fsp3) is 0.250. The summed E-state index contributed by atoms with van der Waals surface area (Å²) in [5.41, 5.74) is 1.08. The molecule has 0 saturated carbocycles. The van der Waals surface area contributed by atoms with E-state index in [2.05, 4.69) is 41.6 Å². The van der Waals surface area contributed by atoms with Crippen LogP contribution in [0.1, 0.15) is 19.8 Å². The third-order valence-electron chi connectivity index (χ3n) is 1.45. The lowest BCUT2D eigenvalue weighted by atomic mass is 10.2. The van der Waals surface area contributed by atoms with E-state index in [-0.39, 0.29) is 9.71 Å². The monoisotopic (exact) mass is 307 g/mol. The van der Waals surface area contributed by atoms with Crippen LogP contribution in [-0.2, 0) is 4.74 Å². The number of carbonyl (C=O) groups is 1. The lowest BCUT2D eigenvalue weighted by Gasteiger charge is -2.06. The van der Waals surface area contributed by atoms with E-state index in [1.165, 1.54) is 7.11 Å². The molecule has 1 heterocycles. The van der Waals surface area contributed by atoms with Crippen LogP contribution < -0.4 is 0 Å². The summed E-state index contributed by atoms with van der Waals surface area (Å²) < 4.78 is 4.46. The molecule has 0 aliphatic carbocycles. The number of esters is 1. The first kappa shape index (κ1) is 10.7. The predicted molar refractivity (Wildman–Crippen MR) is 56.2 cm³/mol. The summed E-state index contributed by atoms with van der Waals surface area (Å²) >= 11 is 6.55. The van der Waals surface area contributed by atoms with Gasteiger partial charge in [0.05, 0.1) is 18.4 Å². The molecule has 0 aliphatic rings. The second-order valence-electron chi connectivity index (χ2n) is 2.23. The Morgan fingerprint density at radius 2 is 2.31 bits per heavy atom. The van der Waals surface area contributed by atoms with E-state index in [1.807, 2.05) is 0 Å². The first-order valence-corrected chi connectivity index (χ1v) is 5.31. The van der Waals surface area contributed by atoms with Crippen LogP contribution in [0.15, 0.2) is 18.3 Å². The van der Waals surface area contributed by atoms with Gasteiger partial charge in [0.15, 0.2) is 0 Å². The predicted octanol–water partition coefficient (Wildman–Crippen LogP) is 2.66. The largest absolute Gasteiger partial charge is 0.465 e. The number of ether oxygens (including phenoxy) is 1. The summed E-state index contributed by atoms with van der Waals surface area (Å²) in [4.78, 5) is 15.3. The number of carbonyl (C=O) groups excluding carboxylic acids is 1. The average Bonchev–Trinajstić information content (AvgIpc) is 2.16. The quantitative estimate of drug-likeness (QED) is 0.623. The van der Waals surface area contributed by atoms with Gasteiger partial charge in [-0.1, -0.05) is 31.9 Å². The highest BCUT2D eigenvalue weighted by Crippen LogP contribution is 2.29. The van der Waals surface area contributed by atoms with Gasteiger partial charge in [0.1, 0.15) is 3.74 Å². The third kappa shape index (κ3) is 2.51. The van der Waals surface area contributed by atoms with E-state index in [0.29, 0.717) is 11.3 Å². The maximum Gasteiger partial charge on any atom is 0.339 e. The van der Waals surface area contributed by atoms with Crippen molar-refractivity contribution in [3.63, 3.8) is 0 Å². The number of rotatable bonds is 2. The molecule has 1 rings (SSSR count). The van der Waals surface area contributed by atoms with Crippen molar-refractivity contribution in [2.24, 2.45) is 0 Å². The van der Waals surface area contributed by atoms with E-state index < -0.39 is 0 Å². The molecule has 0 amide bonds. The van der Waals surface area contributed by atoms with Gasteiger partial charge in [-0.05, 0) is 12.1 Å². The Bertz CT molecular complexity index is 315. The minimum absolute atomic E-state index is 0.143. The molecule has 13 heavy (non-hydrogen) atoms. The maximum atomic E-state index is 11.2. The molecule has 0 spiro atoms. The Morgan fingerprint density at radius 3 is 2.85 bits per heavy atom. The molecular formula is C8H7Br2NO2. The Balaban J connectivity index is 3.12. The van der Waals surface area contributed by atoms with E-state index in [9.17, 15) is 4.79 Å². The van der Waals surface area contributed by atoms with Gasteiger partial charge in [-0.15, -0.1) is 0 Å². The minimum Gasteiger partial charge on any atom is -0.465 e. The minimum atomic E-state index is -0.382. The number of alkyl halides is 2. The summed E-state index contributed by atoms with van der Waals surface area (Å²) in [6.07, 6.45) is 1.62. The molecular weight excluding hydrogens is 302 g/mol. The Labute approximate surface area is 92.8 Å². The zero-order chi connectivity index (χ0) is 9.84. The molecule has 1 aromatic heterocycles. The second-order valence-corrected chi connectivity index (χ2v) is 5.29. The molecule has 0 bridgehead atoms. The van der Waals surface area contributed by atoms with Crippen molar-refractivity contribution in [2.75, 3.05) is 7.11 Å². The summed E-state index contributed by atoms with van der Waals surface area (Å²) in [7, 11) is 1.34. The smallest absolute Gasteiger partial charge is 0.339 e. The molecule has 5 heteroatoms. The number of hydrogen-bond donors (Lipinski definition) is 0. The van der Waals surface area contributed by atoms with Crippen LogP contribution in [0, 0.1) is 0 Å². The molecule has 3 nitrogen and oxygen atoms in total. The SMILES string of the molecule is COC(=O)c1cccnc1C(Br)Br. The first-order chi connectivity index (χ1) is 6.16. The van der Waals surface area contributed by atoms with Gasteiger partial charge in [-0.3, -0.25) is 4.98 Å². The lowest BCUT2D eigenvalue weighted by molar-refractivity contribution is 0.0599. The molecule has 0 N–H and O–H groups in total. The standard InChI is InChI=1S/C8H7Br2NO2/c1-13-8(12)5-3-2-4-11-6(5)7(9)10/h2-4,7H,1H3. The molecule has 0 radical (unpaired) electrons. The molecule has 1 aromatic rings. The van der Waals surface area contributed by atoms with Crippen LogP contribution in [0.3, 0.4) is 0 Å². The number of nitrogens with zero attached hydrogens (tertiary/aromatic N) is 1. The third-order valence-corrected chi connectivity index (χ3v) is 2.32. The van der Waals surface area contributed by atoms with Crippen molar-refractivity contribution in [3.8, 4) is 0 Å². The highest BCUT2D eigenvalue weighted by atomic mass is 79.9. The van der Waals surface area contributed by atoms with Gasteiger partial charge in [0.25, 0.3) is 0 Å². The van der Waals surface area contributed by atoms with Crippen molar-refractivity contribution in [1.82, 2.24) is 4.98 Å². The van der Waals surface area contributed by atoms with Gasteiger partial charge >= 0.3 is 5.97 Å². The van der Waals surface area contributed by atoms with Crippen molar-refractivity contribution in [1.29, 1.82) is 0 Å². The lowest BCUT2D eigenvalue weighted by Crippen LogP contribution is -2.06. The summed E-state index contributed by atoms with van der Waals surface area (Å²) in [6, 6.07) is 3.36. The second kappa shape index (κ2) is 4.72. The van der Waals surface area contributed by atoms with Gasteiger partial charge in [0.2, 0.25) is 0 Å². The average molecular weight is 309 g/mol. The molecule has 70 valence electrons. The van der Waals surface area contributed by atoms with Gasteiger partial charge in [-0.25, -0.2) is 4.79 Å². The Morgan fingerprint density at radius 1 is 1.62 bits per heavy atom. The van der Waals surface area contributed by atoms with Gasteiger partial charge < -0.3 is 4.74 Å². The van der Waals surface area contributed by atoms with Gasteiger partial charge in [-0.2, -0.15) is 0 Å². The normalized spacial score (nSPS) is 10.2. The molecule has 0 saturated heterocycles. The van der Waals surface area contributed by atoms with Crippen molar-refractivity contribution in [2.45, 2.75) is 3.74 Å². The number of pyridine rings is 1. The highest BCUT2D eigenvalue weighted by Gasteiger charge is 2.16. The summed E-state index contributed by atoms with van der Waals surface area (Å²) in [5.74, 6) is -0.382. The van der Waals surface area contributed by atoms with Crippen molar-refractivity contribution in [3.05, 3.63) is 29.6 Å². The van der Waals surface area contributed by atoms with E-state index >= 15 is 0 Å². The van der Waals surface area contributed by atoms with Crippen LogP contribution >= 0.6 is 31.9 Å². The number of aromatic nitrogens is 1. The molecule has 0 atom stereocenters. The topological polar surface area (TPSA) is 39.2 Å². The van der Waals surface area contributed by atoms with E-state index in [1.54, 1.807) is 18.3 Å². The summed E-state index contributed by atoms with van der Waals surface area (Å²) in [6.45, 7) is 0. The zero-order valence-electron chi connectivity index (χ0n) is 6.83. The number of halogens is 2. The fourth-order valence-electron chi connectivity index (χ4n) is 0.874. The number of methoxy groups -OCH3 is 1. The molecule has 0 unspecified atom stereocenters. The van der Waals surface area contributed by atoms with Crippen molar-refractivity contribution >= 4 is 37.8 Å². The number of hydrogen-bond acceptors (Lipinski definition) is 3. The van der Waals surface area contributed by atoms with E-state index in [0.717, 1.165) is 0 Å². The molecule has 0 aromatic carbocycles. The molecule has 0 fully saturated rings. The maximum absolute atomic E-state index is 11.2. The van der Waals surface area contributed by atoms with Crippen LogP contribution in [0.4, 0.5) is 0 Å². The highest BCUT2D eigenvalue weighted by molar-refractivity contribution is 9.24. The van der Waals surface area contributed by atoms with Crippen LogP contribution in [0.25, 0.3) is 0 Å². The van der Waals surface area contributed by atoms with Crippen LogP contribution in [-0.4, -0.2) is 18.1 Å². The fourth-order valence-corrected chi connectivity index (χ4v) is 1.60. The first-order valence-electron chi connectivity index (χ1n) is 3.48. The van der Waals surface area contributed by atoms with E-state index in [4.69, 9.17) is 0 Å².